The molecule has 7 nitrogen and oxygen atoms in total. The molecule has 0 aromatic heterocycles. The third-order valence-corrected chi connectivity index (χ3v) is 2.12. The van der Waals surface area contributed by atoms with Crippen molar-refractivity contribution in [3.05, 3.63) is 59.2 Å². The summed E-state index contributed by atoms with van der Waals surface area (Å²) in [5, 5.41) is 20.0. The van der Waals surface area contributed by atoms with Crippen molar-refractivity contribution in [2.24, 2.45) is 0 Å². The van der Waals surface area contributed by atoms with Gasteiger partial charge in [-0.2, -0.15) is 0 Å². The summed E-state index contributed by atoms with van der Waals surface area (Å²) >= 11 is 0. The van der Waals surface area contributed by atoms with Gasteiger partial charge in [0.05, 0.1) is 11.5 Å². The van der Waals surface area contributed by atoms with Crippen LogP contribution in [-0.2, 0) is 14.3 Å². The Balaban J connectivity index is 0.00000191. The minimum Gasteiger partial charge on any atom is -0.507 e. The van der Waals surface area contributed by atoms with Crippen molar-refractivity contribution >= 4 is 23.2 Å². The molecule has 0 amide bonds. The van der Waals surface area contributed by atoms with Gasteiger partial charge < -0.3 is 9.84 Å². The standard InChI is InChI=1S/C12H11NO6.C2H4/c1-2-19-12(16)11(15)7-10(14)8-3-5-9(6-4-8)13(17)18;1-2/h3-7,14H,2H2,1H3;1-2H2/b10-7-;. The number of ketones is 1. The van der Waals surface area contributed by atoms with Gasteiger partial charge in [0.25, 0.3) is 11.5 Å². The lowest BCUT2D eigenvalue weighted by Gasteiger charge is -2.00. The average molecular weight is 293 g/mol. The van der Waals surface area contributed by atoms with Crippen LogP contribution in [0.5, 0.6) is 0 Å². The summed E-state index contributed by atoms with van der Waals surface area (Å²) in [6.07, 6.45) is 0.708. The van der Waals surface area contributed by atoms with Crippen LogP contribution in [-0.4, -0.2) is 28.4 Å². The molecule has 0 bridgehead atoms. The maximum atomic E-state index is 11.3. The highest BCUT2D eigenvalue weighted by molar-refractivity contribution is 6.39. The van der Waals surface area contributed by atoms with Gasteiger partial charge in [-0.1, -0.05) is 0 Å². The number of nitrogens with zero attached hydrogens (tertiary/aromatic N) is 1. The highest BCUT2D eigenvalue weighted by atomic mass is 16.6. The lowest BCUT2D eigenvalue weighted by molar-refractivity contribution is -0.384. The Kier molecular flexibility index (Phi) is 7.75. The van der Waals surface area contributed by atoms with Crippen LogP contribution in [0.15, 0.2) is 43.5 Å². The Morgan fingerprint density at radius 2 is 1.86 bits per heavy atom. The number of hydrogen-bond donors (Lipinski definition) is 1. The number of aliphatic hydroxyl groups excluding tert-OH is 1. The molecule has 0 saturated heterocycles. The van der Waals surface area contributed by atoms with Crippen molar-refractivity contribution in [3.63, 3.8) is 0 Å². The van der Waals surface area contributed by atoms with Gasteiger partial charge in [-0.05, 0) is 19.1 Å². The first-order valence-corrected chi connectivity index (χ1v) is 5.82. The molecule has 0 spiro atoms. The number of nitro benzene ring substituents is 1. The first kappa shape index (κ1) is 18.0. The van der Waals surface area contributed by atoms with E-state index >= 15 is 0 Å². The Morgan fingerprint density at radius 1 is 1.33 bits per heavy atom. The van der Waals surface area contributed by atoms with Crippen molar-refractivity contribution < 1.29 is 24.4 Å². The number of rotatable bonds is 5. The SMILES string of the molecule is C=C.CCOC(=O)C(=O)/C=C(\O)c1ccc([N+](=O)[O-])cc1. The molecule has 0 aliphatic carbocycles. The quantitative estimate of drug-likeness (QED) is 0.170. The van der Waals surface area contributed by atoms with E-state index in [4.69, 9.17) is 0 Å². The number of aliphatic hydroxyl groups is 1. The van der Waals surface area contributed by atoms with Crippen molar-refractivity contribution in [1.29, 1.82) is 0 Å². The lowest BCUT2D eigenvalue weighted by atomic mass is 10.1. The predicted molar refractivity (Wildman–Crippen MR) is 76.6 cm³/mol. The fraction of sp³-hybridized carbons (Fsp3) is 0.143. The smallest absolute Gasteiger partial charge is 0.379 e. The molecule has 0 aliphatic rings. The molecule has 21 heavy (non-hydrogen) atoms. The van der Waals surface area contributed by atoms with Crippen LogP contribution in [0.4, 0.5) is 5.69 Å². The summed E-state index contributed by atoms with van der Waals surface area (Å²) in [7, 11) is 0. The van der Waals surface area contributed by atoms with Crippen molar-refractivity contribution in [2.45, 2.75) is 6.92 Å². The Morgan fingerprint density at radius 3 is 2.29 bits per heavy atom. The maximum absolute atomic E-state index is 11.3. The number of esters is 1. The van der Waals surface area contributed by atoms with E-state index in [0.29, 0.717) is 6.08 Å². The summed E-state index contributed by atoms with van der Waals surface area (Å²) in [6.45, 7) is 7.60. The Labute approximate surface area is 121 Å². The predicted octanol–water partition coefficient (Wildman–Crippen LogP) is 2.43. The molecule has 0 atom stereocenters. The minimum atomic E-state index is -1.07. The molecular formula is C14H15NO6. The van der Waals surface area contributed by atoms with Gasteiger partial charge >= 0.3 is 5.97 Å². The van der Waals surface area contributed by atoms with Gasteiger partial charge in [0.2, 0.25) is 0 Å². The Bertz CT molecular complexity index is 547. The van der Waals surface area contributed by atoms with E-state index in [1.54, 1.807) is 6.92 Å². The molecule has 0 heterocycles. The van der Waals surface area contributed by atoms with Gasteiger partial charge in [0, 0.05) is 23.8 Å². The maximum Gasteiger partial charge on any atom is 0.379 e. The molecule has 1 aromatic rings. The van der Waals surface area contributed by atoms with E-state index < -0.39 is 22.4 Å². The summed E-state index contributed by atoms with van der Waals surface area (Å²) in [4.78, 5) is 32.2. The third-order valence-electron chi connectivity index (χ3n) is 2.12. The van der Waals surface area contributed by atoms with Crippen LogP contribution in [0, 0.1) is 10.1 Å². The first-order chi connectivity index (χ1) is 9.95. The van der Waals surface area contributed by atoms with E-state index in [9.17, 15) is 24.8 Å². The molecular weight excluding hydrogens is 278 g/mol. The molecule has 0 fully saturated rings. The third kappa shape index (κ3) is 5.68. The van der Waals surface area contributed by atoms with Gasteiger partial charge in [-0.3, -0.25) is 14.9 Å². The number of hydrogen-bond acceptors (Lipinski definition) is 6. The van der Waals surface area contributed by atoms with Gasteiger partial charge in [0.1, 0.15) is 5.76 Å². The van der Waals surface area contributed by atoms with E-state index in [1.165, 1.54) is 24.3 Å². The van der Waals surface area contributed by atoms with Crippen molar-refractivity contribution in [1.82, 2.24) is 0 Å². The summed E-state index contributed by atoms with van der Waals surface area (Å²) in [5.74, 6) is -2.54. The molecule has 0 aliphatic heterocycles. The van der Waals surface area contributed by atoms with Crippen LogP contribution in [0.1, 0.15) is 12.5 Å². The van der Waals surface area contributed by atoms with E-state index in [0.717, 1.165) is 0 Å². The molecule has 7 heteroatoms. The molecule has 0 unspecified atom stereocenters. The van der Waals surface area contributed by atoms with Crippen LogP contribution in [0.2, 0.25) is 0 Å². The molecule has 0 radical (unpaired) electrons. The highest BCUT2D eigenvalue weighted by Crippen LogP contribution is 2.16. The van der Waals surface area contributed by atoms with Crippen LogP contribution < -0.4 is 0 Å². The summed E-state index contributed by atoms with van der Waals surface area (Å²) in [6, 6.07) is 4.88. The number of ether oxygens (including phenoxy) is 1. The summed E-state index contributed by atoms with van der Waals surface area (Å²) in [5.41, 5.74) is 0.0384. The van der Waals surface area contributed by atoms with Crippen molar-refractivity contribution in [3.8, 4) is 0 Å². The number of non-ortho nitro benzene ring substituents is 1. The van der Waals surface area contributed by atoms with E-state index in [2.05, 4.69) is 17.9 Å². The largest absolute Gasteiger partial charge is 0.507 e. The molecule has 1 aromatic carbocycles. The zero-order valence-corrected chi connectivity index (χ0v) is 11.4. The molecule has 112 valence electrons. The fourth-order valence-corrected chi connectivity index (χ4v) is 1.22. The van der Waals surface area contributed by atoms with Crippen LogP contribution in [0.25, 0.3) is 5.76 Å². The van der Waals surface area contributed by atoms with Crippen LogP contribution in [0.3, 0.4) is 0 Å². The van der Waals surface area contributed by atoms with Gasteiger partial charge in [-0.25, -0.2) is 4.79 Å². The average Bonchev–Trinajstić information content (AvgIpc) is 2.49. The zero-order chi connectivity index (χ0) is 16.4. The topological polar surface area (TPSA) is 107 Å². The summed E-state index contributed by atoms with van der Waals surface area (Å²) < 4.78 is 4.46. The van der Waals surface area contributed by atoms with Gasteiger partial charge in [-0.15, -0.1) is 13.2 Å². The van der Waals surface area contributed by atoms with E-state index in [-0.39, 0.29) is 17.9 Å². The lowest BCUT2D eigenvalue weighted by Crippen LogP contribution is -2.15. The second-order valence-electron chi connectivity index (χ2n) is 3.42. The van der Waals surface area contributed by atoms with Crippen LogP contribution >= 0.6 is 0 Å². The normalized spacial score (nSPS) is 10.0. The Hall–Kier alpha value is -2.96. The van der Waals surface area contributed by atoms with E-state index in [1.807, 2.05) is 0 Å². The highest BCUT2D eigenvalue weighted by Gasteiger charge is 2.14. The number of benzene rings is 1. The molecule has 1 N–H and O–H groups in total. The number of carbonyl (C=O) groups excluding carboxylic acids is 2. The number of nitro groups is 1. The second-order valence-corrected chi connectivity index (χ2v) is 3.42. The molecule has 1 rings (SSSR count). The first-order valence-electron chi connectivity index (χ1n) is 5.82. The zero-order valence-electron chi connectivity index (χ0n) is 11.4. The minimum absolute atomic E-state index is 0.0523. The number of carbonyl (C=O) groups is 2. The fourth-order valence-electron chi connectivity index (χ4n) is 1.22. The molecule has 0 saturated carbocycles. The van der Waals surface area contributed by atoms with Crippen molar-refractivity contribution in [2.75, 3.05) is 6.61 Å². The second kappa shape index (κ2) is 9.03. The van der Waals surface area contributed by atoms with Gasteiger partial charge in [0.15, 0.2) is 0 Å². The monoisotopic (exact) mass is 293 g/mol.